The van der Waals surface area contributed by atoms with Crippen molar-refractivity contribution >= 4 is 12.4 Å². The Morgan fingerprint density at radius 3 is 2.90 bits per heavy atom. The number of hydrogen-bond acceptors (Lipinski definition) is 6. The van der Waals surface area contributed by atoms with Crippen molar-refractivity contribution in [2.45, 2.75) is 25.8 Å². The van der Waals surface area contributed by atoms with Crippen molar-refractivity contribution in [1.82, 2.24) is 15.5 Å². The average molecular weight is 312 g/mol. The first-order valence-corrected chi connectivity index (χ1v) is 6.62. The van der Waals surface area contributed by atoms with E-state index in [0.717, 1.165) is 29.3 Å². The molecule has 1 aliphatic rings. The summed E-state index contributed by atoms with van der Waals surface area (Å²) >= 11 is 0. The van der Waals surface area contributed by atoms with Gasteiger partial charge in [-0.05, 0) is 31.7 Å². The number of aromatic nitrogens is 2. The van der Waals surface area contributed by atoms with Crippen LogP contribution in [0.1, 0.15) is 24.2 Å². The molecule has 1 aromatic heterocycles. The SMILES string of the molecule is CNC(C)Cc1noc(Cc2ccc3c(c2)OCO3)n1.Cl. The van der Waals surface area contributed by atoms with Gasteiger partial charge in [-0.15, -0.1) is 12.4 Å². The normalized spacial score (nSPS) is 13.8. The van der Waals surface area contributed by atoms with Crippen LogP contribution in [0.2, 0.25) is 0 Å². The minimum Gasteiger partial charge on any atom is -0.454 e. The summed E-state index contributed by atoms with van der Waals surface area (Å²) in [5.41, 5.74) is 1.06. The lowest BCUT2D eigenvalue weighted by atomic mass is 10.1. The first-order chi connectivity index (χ1) is 9.74. The number of nitrogens with zero attached hydrogens (tertiary/aromatic N) is 2. The molecule has 114 valence electrons. The smallest absolute Gasteiger partial charge is 0.231 e. The van der Waals surface area contributed by atoms with Crippen molar-refractivity contribution in [1.29, 1.82) is 0 Å². The van der Waals surface area contributed by atoms with Gasteiger partial charge in [0.05, 0.1) is 6.42 Å². The highest BCUT2D eigenvalue weighted by atomic mass is 35.5. The van der Waals surface area contributed by atoms with Crippen LogP contribution in [-0.2, 0) is 12.8 Å². The van der Waals surface area contributed by atoms with Gasteiger partial charge in [0.25, 0.3) is 0 Å². The second kappa shape index (κ2) is 6.78. The summed E-state index contributed by atoms with van der Waals surface area (Å²) in [5.74, 6) is 2.89. The van der Waals surface area contributed by atoms with Gasteiger partial charge in [0.2, 0.25) is 12.7 Å². The maximum absolute atomic E-state index is 5.35. The third-order valence-electron chi connectivity index (χ3n) is 3.28. The van der Waals surface area contributed by atoms with Crippen molar-refractivity contribution in [2.24, 2.45) is 0 Å². The van der Waals surface area contributed by atoms with E-state index in [9.17, 15) is 0 Å². The molecule has 1 aromatic carbocycles. The largest absolute Gasteiger partial charge is 0.454 e. The Morgan fingerprint density at radius 2 is 2.10 bits per heavy atom. The van der Waals surface area contributed by atoms with Gasteiger partial charge in [0.1, 0.15) is 0 Å². The number of halogens is 1. The third-order valence-corrected chi connectivity index (χ3v) is 3.28. The van der Waals surface area contributed by atoms with E-state index >= 15 is 0 Å². The van der Waals surface area contributed by atoms with Crippen LogP contribution < -0.4 is 14.8 Å². The molecule has 0 spiro atoms. The third kappa shape index (κ3) is 3.65. The highest BCUT2D eigenvalue weighted by Crippen LogP contribution is 2.32. The van der Waals surface area contributed by atoms with E-state index in [-0.39, 0.29) is 19.2 Å². The molecular formula is C14H18ClN3O3. The molecule has 0 saturated heterocycles. The molecule has 0 amide bonds. The van der Waals surface area contributed by atoms with Gasteiger partial charge < -0.3 is 19.3 Å². The van der Waals surface area contributed by atoms with Crippen LogP contribution in [0.4, 0.5) is 0 Å². The molecule has 1 atom stereocenters. The van der Waals surface area contributed by atoms with E-state index in [1.54, 1.807) is 0 Å². The van der Waals surface area contributed by atoms with E-state index in [1.807, 2.05) is 25.2 Å². The maximum Gasteiger partial charge on any atom is 0.231 e. The number of fused-ring (bicyclic) bond motifs is 1. The van der Waals surface area contributed by atoms with Gasteiger partial charge in [0, 0.05) is 12.5 Å². The van der Waals surface area contributed by atoms with Crippen LogP contribution >= 0.6 is 12.4 Å². The number of likely N-dealkylation sites (N-methyl/N-ethyl adjacent to an activating group) is 1. The van der Waals surface area contributed by atoms with Gasteiger partial charge >= 0.3 is 0 Å². The van der Waals surface area contributed by atoms with Gasteiger partial charge in [-0.2, -0.15) is 4.98 Å². The second-order valence-corrected chi connectivity index (χ2v) is 4.86. The molecule has 1 N–H and O–H groups in total. The Bertz CT molecular complexity index is 603. The molecule has 2 heterocycles. The Morgan fingerprint density at radius 1 is 1.29 bits per heavy atom. The molecule has 2 aromatic rings. The molecular weight excluding hydrogens is 294 g/mol. The summed E-state index contributed by atoms with van der Waals surface area (Å²) in [6.45, 7) is 2.36. The highest BCUT2D eigenvalue weighted by molar-refractivity contribution is 5.85. The molecule has 0 radical (unpaired) electrons. The predicted octanol–water partition coefficient (Wildman–Crippen LogP) is 1.96. The number of benzene rings is 1. The van der Waals surface area contributed by atoms with Crippen LogP contribution in [0.15, 0.2) is 22.7 Å². The Kier molecular flexibility index (Phi) is 5.03. The Balaban J connectivity index is 0.00000161. The molecule has 0 fully saturated rings. The van der Waals surface area contributed by atoms with Crippen LogP contribution in [0.5, 0.6) is 11.5 Å². The zero-order valence-electron chi connectivity index (χ0n) is 12.0. The van der Waals surface area contributed by atoms with Crippen molar-refractivity contribution in [3.05, 3.63) is 35.5 Å². The monoisotopic (exact) mass is 311 g/mol. The van der Waals surface area contributed by atoms with Crippen LogP contribution in [0.3, 0.4) is 0 Å². The fourth-order valence-electron chi connectivity index (χ4n) is 2.05. The van der Waals surface area contributed by atoms with Crippen LogP contribution in [0.25, 0.3) is 0 Å². The number of hydrogen-bond donors (Lipinski definition) is 1. The van der Waals surface area contributed by atoms with Crippen LogP contribution in [0, 0.1) is 0 Å². The second-order valence-electron chi connectivity index (χ2n) is 4.86. The minimum atomic E-state index is 0. The number of rotatable bonds is 5. The summed E-state index contributed by atoms with van der Waals surface area (Å²) in [4.78, 5) is 4.40. The van der Waals surface area contributed by atoms with Crippen molar-refractivity contribution in [2.75, 3.05) is 13.8 Å². The van der Waals surface area contributed by atoms with E-state index in [0.29, 0.717) is 18.4 Å². The molecule has 0 aliphatic carbocycles. The van der Waals surface area contributed by atoms with E-state index < -0.39 is 0 Å². The van der Waals surface area contributed by atoms with Gasteiger partial charge in [-0.3, -0.25) is 0 Å². The molecule has 0 bridgehead atoms. The van der Waals surface area contributed by atoms with Gasteiger partial charge in [0.15, 0.2) is 17.3 Å². The quantitative estimate of drug-likeness (QED) is 0.910. The average Bonchev–Trinajstić information content (AvgIpc) is 3.07. The van der Waals surface area contributed by atoms with Crippen molar-refractivity contribution < 1.29 is 14.0 Å². The Labute approximate surface area is 129 Å². The van der Waals surface area contributed by atoms with Gasteiger partial charge in [-0.25, -0.2) is 0 Å². The van der Waals surface area contributed by atoms with E-state index in [4.69, 9.17) is 14.0 Å². The maximum atomic E-state index is 5.35. The summed E-state index contributed by atoms with van der Waals surface area (Å²) in [7, 11) is 1.91. The molecule has 1 unspecified atom stereocenters. The lowest BCUT2D eigenvalue weighted by Gasteiger charge is -2.04. The number of nitrogens with one attached hydrogen (secondary N) is 1. The first kappa shape index (κ1) is 15.6. The van der Waals surface area contributed by atoms with Crippen molar-refractivity contribution in [3.8, 4) is 11.5 Å². The lowest BCUT2D eigenvalue weighted by molar-refractivity contribution is 0.174. The predicted molar refractivity (Wildman–Crippen MR) is 79.1 cm³/mol. The van der Waals surface area contributed by atoms with Crippen molar-refractivity contribution in [3.63, 3.8) is 0 Å². The summed E-state index contributed by atoms with van der Waals surface area (Å²) < 4.78 is 15.9. The summed E-state index contributed by atoms with van der Waals surface area (Å²) in [5, 5.41) is 7.14. The van der Waals surface area contributed by atoms with Gasteiger partial charge in [-0.1, -0.05) is 11.2 Å². The summed E-state index contributed by atoms with van der Waals surface area (Å²) in [6, 6.07) is 6.15. The first-order valence-electron chi connectivity index (χ1n) is 6.62. The number of ether oxygens (including phenoxy) is 2. The Hall–Kier alpha value is -1.79. The standard InChI is InChI=1S/C14H17N3O3.ClH/c1-9(15-2)5-13-16-14(20-17-13)7-10-3-4-11-12(6-10)19-8-18-11;/h3-4,6,9,15H,5,7-8H2,1-2H3;1H. The molecule has 0 saturated carbocycles. The zero-order chi connectivity index (χ0) is 13.9. The minimum absolute atomic E-state index is 0. The topological polar surface area (TPSA) is 69.4 Å². The van der Waals surface area contributed by atoms with E-state index in [1.165, 1.54) is 0 Å². The molecule has 7 heteroatoms. The highest BCUT2D eigenvalue weighted by Gasteiger charge is 2.15. The molecule has 21 heavy (non-hydrogen) atoms. The molecule has 1 aliphatic heterocycles. The summed E-state index contributed by atoms with van der Waals surface area (Å²) in [6.07, 6.45) is 1.35. The van der Waals surface area contributed by atoms with E-state index in [2.05, 4.69) is 22.4 Å². The molecule has 3 rings (SSSR count). The fraction of sp³-hybridized carbons (Fsp3) is 0.429. The lowest BCUT2D eigenvalue weighted by Crippen LogP contribution is -2.24. The molecule has 6 nitrogen and oxygen atoms in total. The van der Waals surface area contributed by atoms with Crippen LogP contribution in [-0.4, -0.2) is 30.0 Å². The zero-order valence-corrected chi connectivity index (χ0v) is 12.8. The fourth-order valence-corrected chi connectivity index (χ4v) is 2.05.